The highest BCUT2D eigenvalue weighted by atomic mass is 31.1. The van der Waals surface area contributed by atoms with Crippen LogP contribution < -0.4 is 31.8 Å². The van der Waals surface area contributed by atoms with Gasteiger partial charge in [0.05, 0.1) is 44.5 Å². The summed E-state index contributed by atoms with van der Waals surface area (Å²) < 4.78 is 351. The molecule has 5 aromatic rings. The van der Waals surface area contributed by atoms with Crippen molar-refractivity contribution in [3.05, 3.63) is 142 Å². The van der Waals surface area contributed by atoms with E-state index < -0.39 is 142 Å². The van der Waals surface area contributed by atoms with Crippen LogP contribution in [0, 0.1) is 0 Å². The Morgan fingerprint density at radius 3 is 0.531 bits per heavy atom. The molecule has 26 heteroatoms. The fourth-order valence-corrected chi connectivity index (χ4v) is 12.7. The predicted molar refractivity (Wildman–Crippen MR) is 184 cm³/mol. The molecule has 0 heterocycles. The molecule has 346 valence electrons. The van der Waals surface area contributed by atoms with E-state index in [-0.39, 0.29) is 84.9 Å². The number of hydrogen-bond acceptors (Lipinski definition) is 0. The molecule has 0 nitrogen and oxygen atoms in total. The highest BCUT2D eigenvalue weighted by Crippen LogP contribution is 2.53. The Kier molecular flexibility index (Phi) is 13.1. The first kappa shape index (κ1) is 50.3. The average Bonchev–Trinajstić information content (AvgIpc) is 3.12. The van der Waals surface area contributed by atoms with Crippen molar-refractivity contribution >= 4 is 47.7 Å². The van der Waals surface area contributed by atoms with E-state index in [1.165, 1.54) is 0 Å². The van der Waals surface area contributed by atoms with Crippen molar-refractivity contribution in [3.8, 4) is 0 Å². The van der Waals surface area contributed by atoms with E-state index in [2.05, 4.69) is 0 Å². The predicted octanol–water partition coefficient (Wildman–Crippen LogP) is 13.4. The largest absolute Gasteiger partial charge is 0.417 e. The summed E-state index contributed by atoms with van der Waals surface area (Å²) in [5.74, 6) is 0. The molecule has 0 saturated carbocycles. The summed E-state index contributed by atoms with van der Waals surface area (Å²) in [6, 6.07) is 0.870. The Morgan fingerprint density at radius 1 is 0.203 bits per heavy atom. The van der Waals surface area contributed by atoms with E-state index in [4.69, 9.17) is 0 Å². The van der Waals surface area contributed by atoms with Gasteiger partial charge in [-0.2, -0.15) is 105 Å². The second kappa shape index (κ2) is 16.6. The van der Waals surface area contributed by atoms with Gasteiger partial charge in [-0.25, -0.2) is 0 Å². The molecule has 5 aromatic carbocycles. The molecule has 0 N–H and O–H groups in total. The standard InChI is InChI=1S/C38H16F24P2/c39-31(40,41)17-7-3-13-23(27(17)35(51,52)53)63(24-14-4-8-18(32(42,43)44)28(24)36(54,55)56)21-11-1-2-12-22(21)64(25-15-5-9-19(33(45,46)47)29(25)37(57,58)59)26-16-6-10-20(34(48,49)50)30(26)38(60,61)62/h1-16H. The summed E-state index contributed by atoms with van der Waals surface area (Å²) in [4.78, 5) is 0. The molecule has 64 heavy (non-hydrogen) atoms. The van der Waals surface area contributed by atoms with Crippen LogP contribution in [0.4, 0.5) is 105 Å². The lowest BCUT2D eigenvalue weighted by atomic mass is 10.1. The molecule has 5 rings (SSSR count). The maximum atomic E-state index is 15.0. The Hall–Kier alpha value is -4.72. The molecule has 0 aliphatic heterocycles. The summed E-state index contributed by atoms with van der Waals surface area (Å²) in [7, 11) is -9.09. The van der Waals surface area contributed by atoms with Crippen molar-refractivity contribution in [3.63, 3.8) is 0 Å². The Morgan fingerprint density at radius 2 is 0.375 bits per heavy atom. The fourth-order valence-electron chi connectivity index (χ4n) is 6.66. The van der Waals surface area contributed by atoms with E-state index >= 15 is 0 Å². The van der Waals surface area contributed by atoms with E-state index in [9.17, 15) is 105 Å². The van der Waals surface area contributed by atoms with E-state index in [1.807, 2.05) is 0 Å². The molecule has 0 radical (unpaired) electrons. The molecule has 0 fully saturated rings. The Balaban J connectivity index is 2.18. The molecule has 0 aromatic heterocycles. The number of benzene rings is 5. The van der Waals surface area contributed by atoms with Gasteiger partial charge in [-0.05, 0) is 71.9 Å². The van der Waals surface area contributed by atoms with E-state index in [0.717, 1.165) is 0 Å². The zero-order valence-electron chi connectivity index (χ0n) is 30.2. The van der Waals surface area contributed by atoms with Gasteiger partial charge in [-0.3, -0.25) is 0 Å². The van der Waals surface area contributed by atoms with Crippen LogP contribution in [0.3, 0.4) is 0 Å². The first-order valence-electron chi connectivity index (χ1n) is 16.7. The first-order chi connectivity index (χ1) is 28.9. The lowest BCUT2D eigenvalue weighted by Gasteiger charge is -2.33. The van der Waals surface area contributed by atoms with E-state index in [1.54, 1.807) is 0 Å². The van der Waals surface area contributed by atoms with Crippen LogP contribution in [-0.4, -0.2) is 0 Å². The lowest BCUT2D eigenvalue weighted by molar-refractivity contribution is -0.161. The van der Waals surface area contributed by atoms with Crippen LogP contribution in [0.5, 0.6) is 0 Å². The molecular weight excluding hydrogens is 974 g/mol. The van der Waals surface area contributed by atoms with E-state index in [0.29, 0.717) is 12.1 Å². The van der Waals surface area contributed by atoms with Crippen LogP contribution in [0.2, 0.25) is 0 Å². The molecule has 0 atom stereocenters. The fraction of sp³-hybridized carbons (Fsp3) is 0.211. The zero-order valence-corrected chi connectivity index (χ0v) is 32.0. The lowest BCUT2D eigenvalue weighted by Crippen LogP contribution is -2.41. The normalized spacial score (nSPS) is 13.9. The van der Waals surface area contributed by atoms with Gasteiger partial charge in [0, 0.05) is 0 Å². The molecule has 0 amide bonds. The maximum absolute atomic E-state index is 15.0. The van der Waals surface area contributed by atoms with Crippen LogP contribution in [0.15, 0.2) is 97.1 Å². The molecule has 0 saturated heterocycles. The van der Waals surface area contributed by atoms with Gasteiger partial charge in [0.15, 0.2) is 0 Å². The van der Waals surface area contributed by atoms with Gasteiger partial charge in [0.1, 0.15) is 0 Å². The van der Waals surface area contributed by atoms with Crippen molar-refractivity contribution in [1.29, 1.82) is 0 Å². The molecule has 0 unspecified atom stereocenters. The number of alkyl halides is 24. The maximum Gasteiger partial charge on any atom is 0.417 e. The molecular formula is C38H16F24P2. The summed E-state index contributed by atoms with van der Waals surface area (Å²) in [6.45, 7) is 0. The van der Waals surface area contributed by atoms with Gasteiger partial charge in [0.25, 0.3) is 0 Å². The highest BCUT2D eigenvalue weighted by Gasteiger charge is 2.53. The number of hydrogen-bond donors (Lipinski definition) is 0. The van der Waals surface area contributed by atoms with Crippen molar-refractivity contribution < 1.29 is 105 Å². The summed E-state index contributed by atoms with van der Waals surface area (Å²) in [5, 5.41) is -11.2. The van der Waals surface area contributed by atoms with Crippen molar-refractivity contribution in [1.82, 2.24) is 0 Å². The first-order valence-corrected chi connectivity index (χ1v) is 19.4. The summed E-state index contributed by atoms with van der Waals surface area (Å²) in [5.41, 5.74) is -22.6. The second-order valence-corrected chi connectivity index (χ2v) is 17.2. The van der Waals surface area contributed by atoms with Gasteiger partial charge >= 0.3 is 49.4 Å². The van der Waals surface area contributed by atoms with Crippen molar-refractivity contribution in [2.24, 2.45) is 0 Å². The van der Waals surface area contributed by atoms with Gasteiger partial charge in [-0.1, -0.05) is 72.8 Å². The number of rotatable bonds is 6. The zero-order chi connectivity index (χ0) is 48.6. The molecule has 0 spiro atoms. The third-order valence-electron chi connectivity index (χ3n) is 8.85. The second-order valence-electron chi connectivity index (χ2n) is 12.9. The molecule has 0 bridgehead atoms. The summed E-state index contributed by atoms with van der Waals surface area (Å²) in [6.07, 6.45) is -49.9. The van der Waals surface area contributed by atoms with Gasteiger partial charge in [0.2, 0.25) is 0 Å². The Labute approximate surface area is 344 Å². The minimum absolute atomic E-state index is 0.0000651. The van der Waals surface area contributed by atoms with Crippen LogP contribution in [0.25, 0.3) is 0 Å². The van der Waals surface area contributed by atoms with Crippen molar-refractivity contribution in [2.75, 3.05) is 0 Å². The Bertz CT molecular complexity index is 2190. The van der Waals surface area contributed by atoms with Crippen molar-refractivity contribution in [2.45, 2.75) is 49.4 Å². The monoisotopic (exact) mass is 990 g/mol. The van der Waals surface area contributed by atoms with Crippen LogP contribution in [0.1, 0.15) is 44.5 Å². The third-order valence-corrected chi connectivity index (χ3v) is 14.2. The minimum atomic E-state index is -6.36. The topological polar surface area (TPSA) is 0 Å². The van der Waals surface area contributed by atoms with Crippen LogP contribution in [-0.2, 0) is 49.4 Å². The third kappa shape index (κ3) is 10.1. The number of halogens is 24. The highest BCUT2D eigenvalue weighted by molar-refractivity contribution is 7.85. The molecule has 0 aliphatic rings. The average molecular weight is 990 g/mol. The SMILES string of the molecule is FC(F)(F)c1cccc(P(c2ccccc2P(c2cccc(C(F)(F)F)c2C(F)(F)F)c2cccc(C(F)(F)F)c2C(F)(F)F)c2cccc(C(F)(F)F)c2C(F)(F)F)c1C(F)(F)F. The van der Waals surface area contributed by atoms with Gasteiger partial charge < -0.3 is 0 Å². The van der Waals surface area contributed by atoms with Crippen LogP contribution >= 0.6 is 15.8 Å². The smallest absolute Gasteiger partial charge is 0.166 e. The summed E-state index contributed by atoms with van der Waals surface area (Å²) >= 11 is 0. The molecule has 0 aliphatic carbocycles. The minimum Gasteiger partial charge on any atom is -0.166 e. The quantitative estimate of drug-likeness (QED) is 0.117. The van der Waals surface area contributed by atoms with Gasteiger partial charge in [-0.15, -0.1) is 0 Å².